The SMILES string of the molecule is O=c1/c(=C\c2ccc(Cl)c(Cl)c2)sc2nc(/C=C/c3ccc(Cl)cc3)nn12. The summed E-state index contributed by atoms with van der Waals surface area (Å²) < 4.78 is 1.83. The zero-order chi connectivity index (χ0) is 19.0. The number of nitrogens with zero attached hydrogens (tertiary/aromatic N) is 3. The molecule has 134 valence electrons. The van der Waals surface area contributed by atoms with Crippen molar-refractivity contribution in [2.75, 3.05) is 0 Å². The molecule has 0 fully saturated rings. The van der Waals surface area contributed by atoms with Crippen LogP contribution in [0.5, 0.6) is 0 Å². The Morgan fingerprint density at radius 1 is 0.926 bits per heavy atom. The van der Waals surface area contributed by atoms with Gasteiger partial charge in [-0.25, -0.2) is 0 Å². The summed E-state index contributed by atoms with van der Waals surface area (Å²) in [4.78, 5) is 17.5. The summed E-state index contributed by atoms with van der Waals surface area (Å²) in [6.07, 6.45) is 5.36. The number of benzene rings is 2. The van der Waals surface area contributed by atoms with Crippen LogP contribution < -0.4 is 10.1 Å². The number of aromatic nitrogens is 3. The van der Waals surface area contributed by atoms with Crippen LogP contribution in [0, 0.1) is 0 Å². The summed E-state index contributed by atoms with van der Waals surface area (Å²) in [7, 11) is 0. The van der Waals surface area contributed by atoms with Gasteiger partial charge >= 0.3 is 0 Å². The van der Waals surface area contributed by atoms with Crippen LogP contribution in [0.4, 0.5) is 0 Å². The molecule has 0 radical (unpaired) electrons. The van der Waals surface area contributed by atoms with Crippen molar-refractivity contribution >= 4 is 69.3 Å². The normalized spacial score (nSPS) is 12.5. The number of hydrogen-bond donors (Lipinski definition) is 0. The predicted molar refractivity (Wildman–Crippen MR) is 113 cm³/mol. The highest BCUT2D eigenvalue weighted by Gasteiger charge is 2.09. The van der Waals surface area contributed by atoms with Crippen molar-refractivity contribution in [3.05, 3.63) is 89.4 Å². The van der Waals surface area contributed by atoms with Crippen LogP contribution >= 0.6 is 46.1 Å². The number of halogens is 3. The summed E-state index contributed by atoms with van der Waals surface area (Å²) >= 11 is 19.1. The molecule has 0 bridgehead atoms. The molecule has 2 aromatic carbocycles. The minimum atomic E-state index is -0.222. The van der Waals surface area contributed by atoms with Crippen molar-refractivity contribution in [2.45, 2.75) is 0 Å². The first-order valence-corrected chi connectivity index (χ1v) is 9.75. The van der Waals surface area contributed by atoms with Gasteiger partial charge in [-0.15, -0.1) is 5.10 Å². The van der Waals surface area contributed by atoms with Crippen LogP contribution in [-0.4, -0.2) is 14.6 Å². The zero-order valence-electron chi connectivity index (χ0n) is 13.6. The Hall–Kier alpha value is -2.18. The van der Waals surface area contributed by atoms with E-state index in [4.69, 9.17) is 34.8 Å². The molecule has 0 saturated heterocycles. The van der Waals surface area contributed by atoms with Gasteiger partial charge in [-0.3, -0.25) is 4.79 Å². The highest BCUT2D eigenvalue weighted by Crippen LogP contribution is 2.22. The lowest BCUT2D eigenvalue weighted by atomic mass is 10.2. The second-order valence-electron chi connectivity index (χ2n) is 5.64. The third kappa shape index (κ3) is 3.92. The molecule has 0 amide bonds. The molecular formula is C19H10Cl3N3OS. The molecule has 8 heteroatoms. The largest absolute Gasteiger partial charge is 0.291 e. The fourth-order valence-electron chi connectivity index (χ4n) is 2.42. The number of rotatable bonds is 3. The Kier molecular flexibility index (Phi) is 5.02. The molecule has 2 heterocycles. The first kappa shape index (κ1) is 18.2. The van der Waals surface area contributed by atoms with E-state index in [2.05, 4.69) is 10.1 Å². The molecule has 0 atom stereocenters. The predicted octanol–water partition coefficient (Wildman–Crippen LogP) is 4.83. The number of hydrogen-bond acceptors (Lipinski definition) is 4. The Balaban J connectivity index is 1.67. The zero-order valence-corrected chi connectivity index (χ0v) is 16.6. The summed E-state index contributed by atoms with van der Waals surface area (Å²) in [5, 5.41) is 5.84. The van der Waals surface area contributed by atoms with E-state index < -0.39 is 0 Å². The van der Waals surface area contributed by atoms with Gasteiger partial charge < -0.3 is 0 Å². The van der Waals surface area contributed by atoms with Crippen LogP contribution in [0.1, 0.15) is 17.0 Å². The van der Waals surface area contributed by atoms with Gasteiger partial charge in [0.05, 0.1) is 14.6 Å². The molecule has 0 unspecified atom stereocenters. The third-order valence-electron chi connectivity index (χ3n) is 3.73. The van der Waals surface area contributed by atoms with Crippen molar-refractivity contribution in [3.8, 4) is 0 Å². The summed E-state index contributed by atoms with van der Waals surface area (Å²) in [5.74, 6) is 0.467. The first-order chi connectivity index (χ1) is 13.0. The van der Waals surface area contributed by atoms with Crippen molar-refractivity contribution < 1.29 is 0 Å². The molecule has 4 aromatic rings. The van der Waals surface area contributed by atoms with E-state index >= 15 is 0 Å². The average molecular weight is 435 g/mol. The van der Waals surface area contributed by atoms with E-state index in [0.717, 1.165) is 11.1 Å². The van der Waals surface area contributed by atoms with Crippen LogP contribution in [0.15, 0.2) is 47.3 Å². The Labute approximate surface area is 172 Å². The fourth-order valence-corrected chi connectivity index (χ4v) is 3.77. The van der Waals surface area contributed by atoms with E-state index in [1.807, 2.05) is 18.2 Å². The summed E-state index contributed by atoms with van der Waals surface area (Å²) in [6, 6.07) is 12.6. The smallest absolute Gasteiger partial charge is 0.266 e. The van der Waals surface area contributed by atoms with Crippen LogP contribution in [-0.2, 0) is 0 Å². The van der Waals surface area contributed by atoms with Gasteiger partial charge in [-0.05, 0) is 47.5 Å². The van der Waals surface area contributed by atoms with Crippen LogP contribution in [0.3, 0.4) is 0 Å². The highest BCUT2D eigenvalue weighted by molar-refractivity contribution is 7.15. The molecule has 4 nitrogen and oxygen atoms in total. The molecule has 4 rings (SSSR count). The van der Waals surface area contributed by atoms with Gasteiger partial charge in [-0.2, -0.15) is 9.50 Å². The summed E-state index contributed by atoms with van der Waals surface area (Å²) in [6.45, 7) is 0. The number of thiazole rings is 1. The summed E-state index contributed by atoms with van der Waals surface area (Å²) in [5.41, 5.74) is 1.53. The van der Waals surface area contributed by atoms with Crippen LogP contribution in [0.2, 0.25) is 15.1 Å². The third-order valence-corrected chi connectivity index (χ3v) is 5.68. The molecule has 0 N–H and O–H groups in total. The van der Waals surface area contributed by atoms with Crippen molar-refractivity contribution in [1.29, 1.82) is 0 Å². The lowest BCUT2D eigenvalue weighted by molar-refractivity contribution is 0.925. The lowest BCUT2D eigenvalue weighted by Gasteiger charge is -1.96. The Bertz CT molecular complexity index is 1280. The van der Waals surface area contributed by atoms with E-state index in [9.17, 15) is 4.79 Å². The van der Waals surface area contributed by atoms with E-state index in [1.165, 1.54) is 15.9 Å². The fraction of sp³-hybridized carbons (Fsp3) is 0. The maximum Gasteiger partial charge on any atom is 0.291 e. The van der Waals surface area contributed by atoms with Gasteiger partial charge in [0.2, 0.25) is 4.96 Å². The minimum Gasteiger partial charge on any atom is -0.266 e. The van der Waals surface area contributed by atoms with E-state index in [0.29, 0.717) is 30.4 Å². The lowest BCUT2D eigenvalue weighted by Crippen LogP contribution is -2.23. The van der Waals surface area contributed by atoms with Gasteiger partial charge in [0.1, 0.15) is 0 Å². The minimum absolute atomic E-state index is 0.222. The second kappa shape index (κ2) is 7.44. The van der Waals surface area contributed by atoms with E-state index in [1.54, 1.807) is 42.5 Å². The van der Waals surface area contributed by atoms with Crippen molar-refractivity contribution in [1.82, 2.24) is 14.6 Å². The van der Waals surface area contributed by atoms with Crippen molar-refractivity contribution in [2.24, 2.45) is 0 Å². The highest BCUT2D eigenvalue weighted by atomic mass is 35.5. The first-order valence-electron chi connectivity index (χ1n) is 7.79. The second-order valence-corrected chi connectivity index (χ2v) is 7.90. The molecule has 0 saturated carbocycles. The molecule has 0 spiro atoms. The molecular weight excluding hydrogens is 425 g/mol. The number of fused-ring (bicyclic) bond motifs is 1. The Morgan fingerprint density at radius 3 is 2.37 bits per heavy atom. The molecule has 0 aliphatic carbocycles. The van der Waals surface area contributed by atoms with Gasteiger partial charge in [0, 0.05) is 5.02 Å². The average Bonchev–Trinajstić information content (AvgIpc) is 3.17. The van der Waals surface area contributed by atoms with Crippen LogP contribution in [0.25, 0.3) is 23.2 Å². The quantitative estimate of drug-likeness (QED) is 0.464. The molecule has 2 aromatic heterocycles. The maximum absolute atomic E-state index is 12.6. The maximum atomic E-state index is 12.6. The van der Waals surface area contributed by atoms with Gasteiger partial charge in [0.25, 0.3) is 5.56 Å². The monoisotopic (exact) mass is 433 g/mol. The Morgan fingerprint density at radius 2 is 1.67 bits per heavy atom. The molecule has 0 aliphatic rings. The molecule has 0 aliphatic heterocycles. The van der Waals surface area contributed by atoms with Crippen molar-refractivity contribution in [3.63, 3.8) is 0 Å². The van der Waals surface area contributed by atoms with Gasteiger partial charge in [0.15, 0.2) is 5.82 Å². The standard InChI is InChI=1S/C19H10Cl3N3OS/c20-13-5-1-11(2-6-13)4-8-17-23-19-25(24-17)18(26)16(27-19)10-12-3-7-14(21)15(22)9-12/h1-10H/b8-4+,16-10+. The van der Waals surface area contributed by atoms with Gasteiger partial charge in [-0.1, -0.05) is 70.4 Å². The topological polar surface area (TPSA) is 47.3 Å². The van der Waals surface area contributed by atoms with E-state index in [-0.39, 0.29) is 5.56 Å². The molecule has 27 heavy (non-hydrogen) atoms.